The van der Waals surface area contributed by atoms with Crippen molar-refractivity contribution in [1.82, 2.24) is 10.3 Å². The van der Waals surface area contributed by atoms with Gasteiger partial charge in [-0.15, -0.1) is 0 Å². The van der Waals surface area contributed by atoms with E-state index in [1.807, 2.05) is 58.2 Å². The summed E-state index contributed by atoms with van der Waals surface area (Å²) < 4.78 is 0. The predicted molar refractivity (Wildman–Crippen MR) is 90.0 cm³/mol. The number of nitrogens with one attached hydrogen (secondary N) is 1. The molecule has 4 nitrogen and oxygen atoms in total. The maximum absolute atomic E-state index is 12.2. The molecule has 0 saturated carbocycles. The molecule has 1 aromatic carbocycles. The van der Waals surface area contributed by atoms with Crippen molar-refractivity contribution in [1.29, 1.82) is 0 Å². The lowest BCUT2D eigenvalue weighted by Gasteiger charge is -2.22. The fourth-order valence-electron chi connectivity index (χ4n) is 2.13. The van der Waals surface area contributed by atoms with Crippen molar-refractivity contribution in [3.05, 3.63) is 59.9 Å². The van der Waals surface area contributed by atoms with Gasteiger partial charge in [0.25, 0.3) is 5.91 Å². The second-order valence-electron chi connectivity index (χ2n) is 6.45. The van der Waals surface area contributed by atoms with Gasteiger partial charge in [-0.05, 0) is 38.5 Å². The van der Waals surface area contributed by atoms with E-state index in [4.69, 9.17) is 0 Å². The molecule has 1 heterocycles. The van der Waals surface area contributed by atoms with Crippen LogP contribution in [0.25, 0.3) is 0 Å². The molecule has 1 amide bonds. The van der Waals surface area contributed by atoms with E-state index in [1.165, 1.54) is 5.56 Å². The summed E-state index contributed by atoms with van der Waals surface area (Å²) in [6.45, 7) is 6.65. The molecular formula is C18H23N3O. The Hall–Kier alpha value is -2.36. The molecule has 2 rings (SSSR count). The topological polar surface area (TPSA) is 45.2 Å². The maximum Gasteiger partial charge on any atom is 0.270 e. The number of hydrogen-bond acceptors (Lipinski definition) is 3. The highest BCUT2D eigenvalue weighted by atomic mass is 16.2. The molecule has 22 heavy (non-hydrogen) atoms. The van der Waals surface area contributed by atoms with Crippen LogP contribution in [0.5, 0.6) is 0 Å². The lowest BCUT2D eigenvalue weighted by molar-refractivity contribution is 0.0914. The van der Waals surface area contributed by atoms with Gasteiger partial charge in [0.2, 0.25) is 0 Å². The Morgan fingerprint density at radius 2 is 1.86 bits per heavy atom. The number of nitrogens with zero attached hydrogens (tertiary/aromatic N) is 2. The van der Waals surface area contributed by atoms with Crippen molar-refractivity contribution in [2.75, 3.05) is 11.9 Å². The first kappa shape index (κ1) is 16.0. The molecule has 0 atom stereocenters. The first-order chi connectivity index (χ1) is 10.3. The van der Waals surface area contributed by atoms with Crippen LogP contribution in [-0.2, 0) is 6.54 Å². The van der Waals surface area contributed by atoms with E-state index >= 15 is 0 Å². The van der Waals surface area contributed by atoms with Crippen molar-refractivity contribution in [3.63, 3.8) is 0 Å². The molecule has 0 unspecified atom stereocenters. The van der Waals surface area contributed by atoms with E-state index < -0.39 is 0 Å². The lowest BCUT2D eigenvalue weighted by Crippen LogP contribution is -2.41. The van der Waals surface area contributed by atoms with Crippen molar-refractivity contribution in [2.45, 2.75) is 32.9 Å². The fourth-order valence-corrected chi connectivity index (χ4v) is 2.13. The first-order valence-corrected chi connectivity index (χ1v) is 7.39. The Balaban J connectivity index is 2.12. The van der Waals surface area contributed by atoms with Gasteiger partial charge < -0.3 is 10.2 Å². The number of aromatic nitrogens is 1. The van der Waals surface area contributed by atoms with Crippen LogP contribution in [0.2, 0.25) is 0 Å². The summed E-state index contributed by atoms with van der Waals surface area (Å²) in [5.41, 5.74) is 2.36. The quantitative estimate of drug-likeness (QED) is 0.942. The van der Waals surface area contributed by atoms with E-state index in [-0.39, 0.29) is 11.4 Å². The van der Waals surface area contributed by atoms with E-state index in [2.05, 4.69) is 27.3 Å². The molecule has 1 aromatic heterocycles. The molecule has 2 aromatic rings. The van der Waals surface area contributed by atoms with Gasteiger partial charge in [-0.2, -0.15) is 0 Å². The molecule has 0 radical (unpaired) electrons. The largest absolute Gasteiger partial charge is 0.370 e. The lowest BCUT2D eigenvalue weighted by atomic mass is 10.1. The zero-order valence-electron chi connectivity index (χ0n) is 13.6. The van der Waals surface area contributed by atoms with Gasteiger partial charge in [-0.25, -0.2) is 0 Å². The Morgan fingerprint density at radius 3 is 2.50 bits per heavy atom. The first-order valence-electron chi connectivity index (χ1n) is 7.39. The third-order valence-electron chi connectivity index (χ3n) is 3.17. The van der Waals surface area contributed by atoms with Gasteiger partial charge in [0.1, 0.15) is 5.69 Å². The number of amides is 1. The number of pyridine rings is 1. The number of hydrogen-bond donors (Lipinski definition) is 1. The summed E-state index contributed by atoms with van der Waals surface area (Å²) in [7, 11) is 2.01. The normalized spacial score (nSPS) is 11.1. The molecule has 116 valence electrons. The maximum atomic E-state index is 12.2. The zero-order valence-corrected chi connectivity index (χ0v) is 13.6. The molecule has 0 fully saturated rings. The Labute approximate surface area is 132 Å². The van der Waals surface area contributed by atoms with Crippen LogP contribution in [-0.4, -0.2) is 23.5 Å². The van der Waals surface area contributed by atoms with Crippen LogP contribution in [0.4, 0.5) is 5.69 Å². The molecule has 0 bridgehead atoms. The molecule has 0 aliphatic carbocycles. The summed E-state index contributed by atoms with van der Waals surface area (Å²) in [5, 5.41) is 2.93. The molecule has 0 saturated heterocycles. The number of carbonyl (C=O) groups excluding carboxylic acids is 1. The summed E-state index contributed by atoms with van der Waals surface area (Å²) in [5.74, 6) is -0.150. The number of rotatable bonds is 4. The fraction of sp³-hybridized carbons (Fsp3) is 0.333. The predicted octanol–water partition coefficient (Wildman–Crippen LogP) is 3.25. The van der Waals surface area contributed by atoms with Crippen molar-refractivity contribution >= 4 is 11.6 Å². The second kappa shape index (κ2) is 6.60. The zero-order chi connectivity index (χ0) is 16.2. The monoisotopic (exact) mass is 297 g/mol. The molecule has 0 aliphatic heterocycles. The standard InChI is InChI=1S/C18H23N3O/c1-18(2,3)20-17(22)16-12-15(10-11-19-16)21(4)13-14-8-6-5-7-9-14/h5-12H,13H2,1-4H3,(H,20,22). The Morgan fingerprint density at radius 1 is 1.18 bits per heavy atom. The van der Waals surface area contributed by atoms with Crippen LogP contribution < -0.4 is 10.2 Å². The minimum atomic E-state index is -0.273. The molecule has 0 spiro atoms. The van der Waals surface area contributed by atoms with Crippen molar-refractivity contribution < 1.29 is 4.79 Å². The SMILES string of the molecule is CN(Cc1ccccc1)c1ccnc(C(=O)NC(C)(C)C)c1. The average molecular weight is 297 g/mol. The molecule has 4 heteroatoms. The van der Waals surface area contributed by atoms with Crippen molar-refractivity contribution in [3.8, 4) is 0 Å². The van der Waals surface area contributed by atoms with Crippen LogP contribution in [0.3, 0.4) is 0 Å². The third-order valence-corrected chi connectivity index (χ3v) is 3.17. The number of carbonyl (C=O) groups is 1. The number of benzene rings is 1. The Bertz CT molecular complexity index is 632. The third kappa shape index (κ3) is 4.58. The number of anilines is 1. The molecular weight excluding hydrogens is 274 g/mol. The highest BCUT2D eigenvalue weighted by Crippen LogP contribution is 2.16. The van der Waals surface area contributed by atoms with Gasteiger partial charge in [-0.3, -0.25) is 9.78 Å². The molecule has 1 N–H and O–H groups in total. The second-order valence-corrected chi connectivity index (χ2v) is 6.45. The van der Waals surface area contributed by atoms with Crippen LogP contribution >= 0.6 is 0 Å². The molecule has 0 aliphatic rings. The summed E-state index contributed by atoms with van der Waals surface area (Å²) in [6, 6.07) is 14.0. The summed E-state index contributed by atoms with van der Waals surface area (Å²) in [6.07, 6.45) is 1.67. The minimum absolute atomic E-state index is 0.150. The summed E-state index contributed by atoms with van der Waals surface area (Å²) >= 11 is 0. The van der Waals surface area contributed by atoms with Gasteiger partial charge in [-0.1, -0.05) is 30.3 Å². The van der Waals surface area contributed by atoms with Crippen LogP contribution in [0.15, 0.2) is 48.7 Å². The van der Waals surface area contributed by atoms with Crippen LogP contribution in [0.1, 0.15) is 36.8 Å². The average Bonchev–Trinajstić information content (AvgIpc) is 2.46. The smallest absolute Gasteiger partial charge is 0.270 e. The summed E-state index contributed by atoms with van der Waals surface area (Å²) in [4.78, 5) is 18.5. The van der Waals surface area contributed by atoms with E-state index in [0.717, 1.165) is 12.2 Å². The Kier molecular flexibility index (Phi) is 4.81. The van der Waals surface area contributed by atoms with Crippen LogP contribution in [0, 0.1) is 0 Å². The van der Waals surface area contributed by atoms with Gasteiger partial charge in [0.15, 0.2) is 0 Å². The van der Waals surface area contributed by atoms with E-state index in [1.54, 1.807) is 6.20 Å². The van der Waals surface area contributed by atoms with Crippen molar-refractivity contribution in [2.24, 2.45) is 0 Å². The van der Waals surface area contributed by atoms with Gasteiger partial charge >= 0.3 is 0 Å². The van der Waals surface area contributed by atoms with E-state index in [9.17, 15) is 4.79 Å². The minimum Gasteiger partial charge on any atom is -0.370 e. The highest BCUT2D eigenvalue weighted by molar-refractivity contribution is 5.93. The van der Waals surface area contributed by atoms with Gasteiger partial charge in [0.05, 0.1) is 0 Å². The van der Waals surface area contributed by atoms with E-state index in [0.29, 0.717) is 5.69 Å². The highest BCUT2D eigenvalue weighted by Gasteiger charge is 2.17. The van der Waals surface area contributed by atoms with Gasteiger partial charge in [0, 0.05) is 31.0 Å².